The highest BCUT2D eigenvalue weighted by molar-refractivity contribution is 8.01. The molecule has 0 aliphatic rings. The third-order valence-corrected chi connectivity index (χ3v) is 6.13. The van der Waals surface area contributed by atoms with Crippen molar-refractivity contribution in [1.29, 1.82) is 5.26 Å². The lowest BCUT2D eigenvalue weighted by Gasteiger charge is -2.24. The number of hydrogen-bond acceptors (Lipinski definition) is 6. The molecule has 0 atom stereocenters. The number of nitrogens with one attached hydrogen (secondary N) is 1. The number of aromatic nitrogens is 1. The van der Waals surface area contributed by atoms with Gasteiger partial charge in [0.2, 0.25) is 15.9 Å². The number of benzene rings is 2. The molecule has 3 rings (SSSR count). The third kappa shape index (κ3) is 4.58. The van der Waals surface area contributed by atoms with Crippen molar-refractivity contribution in [2.75, 3.05) is 6.26 Å². The SMILES string of the molecule is CC(C)(Sc1ccncc1-c1ccc(C#N)c2ccccc12)C(=O)NS(C)(=O)=O. The Morgan fingerprint density at radius 2 is 1.79 bits per heavy atom. The van der Waals surface area contributed by atoms with Crippen molar-refractivity contribution in [3.63, 3.8) is 0 Å². The molecular weight excluding hydrogens is 406 g/mol. The molecule has 2 aromatic carbocycles. The van der Waals surface area contributed by atoms with Gasteiger partial charge in [-0.3, -0.25) is 14.5 Å². The normalized spacial score (nSPS) is 11.8. The first-order valence-electron chi connectivity index (χ1n) is 8.70. The van der Waals surface area contributed by atoms with Crippen LogP contribution in [0.15, 0.2) is 59.8 Å². The van der Waals surface area contributed by atoms with E-state index in [4.69, 9.17) is 0 Å². The minimum absolute atomic E-state index is 0.579. The molecule has 8 heteroatoms. The summed E-state index contributed by atoms with van der Waals surface area (Å²) in [6.45, 7) is 3.33. The molecule has 3 aromatic rings. The van der Waals surface area contributed by atoms with Crippen LogP contribution in [0.1, 0.15) is 19.4 Å². The van der Waals surface area contributed by atoms with E-state index in [2.05, 4.69) is 11.1 Å². The lowest BCUT2D eigenvalue weighted by molar-refractivity contribution is -0.120. The lowest BCUT2D eigenvalue weighted by atomic mass is 9.96. The van der Waals surface area contributed by atoms with Crippen LogP contribution in [0.3, 0.4) is 0 Å². The van der Waals surface area contributed by atoms with Gasteiger partial charge < -0.3 is 0 Å². The number of nitriles is 1. The van der Waals surface area contributed by atoms with E-state index in [1.165, 1.54) is 11.8 Å². The van der Waals surface area contributed by atoms with E-state index in [0.717, 1.165) is 33.1 Å². The van der Waals surface area contributed by atoms with Gasteiger partial charge in [0.15, 0.2) is 0 Å². The maximum Gasteiger partial charge on any atom is 0.249 e. The highest BCUT2D eigenvalue weighted by atomic mass is 32.2. The number of amides is 1. The van der Waals surface area contributed by atoms with Gasteiger partial charge in [-0.1, -0.05) is 30.3 Å². The van der Waals surface area contributed by atoms with Crippen LogP contribution in [0.2, 0.25) is 0 Å². The summed E-state index contributed by atoms with van der Waals surface area (Å²) in [6.07, 6.45) is 4.29. The van der Waals surface area contributed by atoms with Crippen LogP contribution in [0.25, 0.3) is 21.9 Å². The van der Waals surface area contributed by atoms with Crippen LogP contribution in [0, 0.1) is 11.3 Å². The smallest absolute Gasteiger partial charge is 0.249 e. The molecule has 0 unspecified atom stereocenters. The van der Waals surface area contributed by atoms with Gasteiger partial charge in [0, 0.05) is 28.2 Å². The fourth-order valence-corrected chi connectivity index (χ4v) is 4.67. The average Bonchev–Trinajstić information content (AvgIpc) is 2.66. The molecule has 0 saturated heterocycles. The topological polar surface area (TPSA) is 99.9 Å². The van der Waals surface area contributed by atoms with E-state index in [1.54, 1.807) is 38.4 Å². The van der Waals surface area contributed by atoms with Crippen molar-refractivity contribution in [1.82, 2.24) is 9.71 Å². The summed E-state index contributed by atoms with van der Waals surface area (Å²) in [7, 11) is -3.65. The van der Waals surface area contributed by atoms with Gasteiger partial charge in [0.1, 0.15) is 0 Å². The fourth-order valence-electron chi connectivity index (χ4n) is 2.92. The number of rotatable bonds is 5. The van der Waals surface area contributed by atoms with Crippen molar-refractivity contribution in [2.45, 2.75) is 23.5 Å². The number of nitrogens with zero attached hydrogens (tertiary/aromatic N) is 2. The number of fused-ring (bicyclic) bond motifs is 1. The molecule has 6 nitrogen and oxygen atoms in total. The van der Waals surface area contributed by atoms with Crippen LogP contribution in [-0.2, 0) is 14.8 Å². The van der Waals surface area contributed by atoms with Gasteiger partial charge in [0.05, 0.1) is 22.6 Å². The molecule has 0 fully saturated rings. The van der Waals surface area contributed by atoms with Crippen molar-refractivity contribution >= 4 is 38.5 Å². The summed E-state index contributed by atoms with van der Waals surface area (Å²) in [5.74, 6) is -0.600. The van der Waals surface area contributed by atoms with E-state index in [9.17, 15) is 18.5 Å². The van der Waals surface area contributed by atoms with Gasteiger partial charge in [-0.25, -0.2) is 8.42 Å². The molecule has 0 bridgehead atoms. The van der Waals surface area contributed by atoms with E-state index in [0.29, 0.717) is 5.56 Å². The first-order chi connectivity index (χ1) is 13.6. The molecule has 0 aliphatic carbocycles. The molecule has 0 saturated carbocycles. The Morgan fingerprint density at radius 1 is 1.10 bits per heavy atom. The molecule has 29 heavy (non-hydrogen) atoms. The predicted molar refractivity (Wildman–Crippen MR) is 115 cm³/mol. The Labute approximate surface area is 174 Å². The summed E-state index contributed by atoms with van der Waals surface area (Å²) >= 11 is 1.25. The maximum atomic E-state index is 12.5. The number of carbonyl (C=O) groups is 1. The highest BCUT2D eigenvalue weighted by Crippen LogP contribution is 2.41. The monoisotopic (exact) mass is 425 g/mol. The second-order valence-corrected chi connectivity index (χ2v) is 10.4. The second kappa shape index (κ2) is 7.85. The molecule has 0 spiro atoms. The largest absolute Gasteiger partial charge is 0.272 e. The quantitative estimate of drug-likeness (QED) is 0.626. The molecule has 1 N–H and O–H groups in total. The van der Waals surface area contributed by atoms with Gasteiger partial charge in [0.25, 0.3) is 0 Å². The van der Waals surface area contributed by atoms with Crippen LogP contribution in [0.4, 0.5) is 0 Å². The number of carbonyl (C=O) groups excluding carboxylic acids is 1. The Morgan fingerprint density at radius 3 is 2.45 bits per heavy atom. The summed E-state index contributed by atoms with van der Waals surface area (Å²) in [6, 6.07) is 15.2. The molecule has 1 amide bonds. The summed E-state index contributed by atoms with van der Waals surface area (Å²) in [5.41, 5.74) is 2.27. The number of thioether (sulfide) groups is 1. The molecule has 0 radical (unpaired) electrons. The number of sulfonamides is 1. The Bertz CT molecular complexity index is 1250. The lowest BCUT2D eigenvalue weighted by Crippen LogP contribution is -2.42. The second-order valence-electron chi connectivity index (χ2n) is 7.01. The van der Waals surface area contributed by atoms with Crippen molar-refractivity contribution in [3.8, 4) is 17.2 Å². The molecule has 0 aliphatic heterocycles. The Hall–Kier alpha value is -2.89. The minimum atomic E-state index is -3.65. The third-order valence-electron chi connectivity index (χ3n) is 4.31. The van der Waals surface area contributed by atoms with Crippen LogP contribution < -0.4 is 4.72 Å². The van der Waals surface area contributed by atoms with Crippen LogP contribution >= 0.6 is 11.8 Å². The zero-order valence-electron chi connectivity index (χ0n) is 16.1. The standard InChI is InChI=1S/C21H19N3O3S2/c1-21(2,20(25)24-29(3,26)27)28-19-10-11-23-13-18(19)17-9-8-14(12-22)15-6-4-5-7-16(15)17/h4-11,13H,1-3H3,(H,24,25). The van der Waals surface area contributed by atoms with Gasteiger partial charge >= 0.3 is 0 Å². The van der Waals surface area contributed by atoms with Crippen molar-refractivity contribution in [2.24, 2.45) is 0 Å². The number of hydrogen-bond donors (Lipinski definition) is 1. The first kappa shape index (κ1) is 20.8. The molecule has 1 aromatic heterocycles. The van der Waals surface area contributed by atoms with Crippen molar-refractivity contribution < 1.29 is 13.2 Å². The van der Waals surface area contributed by atoms with Gasteiger partial charge in [-0.05, 0) is 36.9 Å². The predicted octanol–water partition coefficient (Wildman–Crippen LogP) is 3.72. The van der Waals surface area contributed by atoms with E-state index in [1.807, 2.05) is 35.1 Å². The van der Waals surface area contributed by atoms with Crippen molar-refractivity contribution in [3.05, 3.63) is 60.4 Å². The van der Waals surface area contributed by atoms with Gasteiger partial charge in [-0.2, -0.15) is 5.26 Å². The first-order valence-corrected chi connectivity index (χ1v) is 11.4. The Kier molecular flexibility index (Phi) is 5.64. The summed E-state index contributed by atoms with van der Waals surface area (Å²) < 4.78 is 23.9. The maximum absolute atomic E-state index is 12.5. The number of pyridine rings is 1. The summed E-state index contributed by atoms with van der Waals surface area (Å²) in [5, 5.41) is 11.1. The highest BCUT2D eigenvalue weighted by Gasteiger charge is 2.32. The van der Waals surface area contributed by atoms with Crippen LogP contribution in [-0.4, -0.2) is 30.3 Å². The van der Waals surface area contributed by atoms with E-state index in [-0.39, 0.29) is 0 Å². The molecule has 1 heterocycles. The fraction of sp³-hybridized carbons (Fsp3) is 0.190. The van der Waals surface area contributed by atoms with Gasteiger partial charge in [-0.15, -0.1) is 11.8 Å². The molecular formula is C21H19N3O3S2. The average molecular weight is 426 g/mol. The van der Waals surface area contributed by atoms with E-state index < -0.39 is 20.7 Å². The molecule has 148 valence electrons. The summed E-state index contributed by atoms with van der Waals surface area (Å²) in [4.78, 5) is 17.5. The zero-order valence-corrected chi connectivity index (χ0v) is 17.8. The van der Waals surface area contributed by atoms with E-state index >= 15 is 0 Å². The zero-order chi connectivity index (χ0) is 21.2. The Balaban J connectivity index is 2.09. The minimum Gasteiger partial charge on any atom is -0.272 e. The van der Waals surface area contributed by atoms with Crippen LogP contribution in [0.5, 0.6) is 0 Å².